The van der Waals surface area contributed by atoms with E-state index in [-0.39, 0.29) is 0 Å². The molecule has 1 aromatic carbocycles. The van der Waals surface area contributed by atoms with Crippen molar-refractivity contribution in [2.24, 2.45) is 17.8 Å². The zero-order chi connectivity index (χ0) is 9.42. The second-order valence-corrected chi connectivity index (χ2v) is 4.62. The summed E-state index contributed by atoms with van der Waals surface area (Å²) in [6.45, 7) is 7.05. The molecular weight excluding hydrogens is 156 g/mol. The van der Waals surface area contributed by atoms with E-state index in [0.717, 1.165) is 23.7 Å². The van der Waals surface area contributed by atoms with E-state index in [1.54, 1.807) is 0 Å². The van der Waals surface area contributed by atoms with Crippen LogP contribution in [0.5, 0.6) is 0 Å². The Kier molecular flexibility index (Phi) is 2.15. The molecule has 1 aromatic rings. The first-order valence-corrected chi connectivity index (χ1v) is 5.26. The molecule has 3 atom stereocenters. The lowest BCUT2D eigenvalue weighted by Crippen LogP contribution is -1.92. The lowest BCUT2D eigenvalue weighted by molar-refractivity contribution is 0.524. The maximum atomic E-state index is 2.38. The zero-order valence-electron chi connectivity index (χ0n) is 8.70. The summed E-state index contributed by atoms with van der Waals surface area (Å²) in [6, 6.07) is 10.9. The molecule has 1 aliphatic carbocycles. The van der Waals surface area contributed by atoms with Crippen molar-refractivity contribution in [3.63, 3.8) is 0 Å². The molecule has 0 spiro atoms. The van der Waals surface area contributed by atoms with Crippen molar-refractivity contribution in [2.75, 3.05) is 0 Å². The molecule has 0 N–H and O–H groups in total. The van der Waals surface area contributed by atoms with Gasteiger partial charge in [-0.25, -0.2) is 0 Å². The summed E-state index contributed by atoms with van der Waals surface area (Å²) in [7, 11) is 0. The molecule has 1 aliphatic rings. The van der Waals surface area contributed by atoms with Gasteiger partial charge in [0.2, 0.25) is 0 Å². The van der Waals surface area contributed by atoms with Crippen molar-refractivity contribution in [3.8, 4) is 0 Å². The van der Waals surface area contributed by atoms with Crippen LogP contribution in [0.1, 0.15) is 32.3 Å². The summed E-state index contributed by atoms with van der Waals surface area (Å²) < 4.78 is 0. The summed E-state index contributed by atoms with van der Waals surface area (Å²) in [5.41, 5.74) is 1.54. The first-order chi connectivity index (χ1) is 6.22. The predicted octanol–water partition coefficient (Wildman–Crippen LogP) is 3.69. The van der Waals surface area contributed by atoms with E-state index in [4.69, 9.17) is 0 Å². The molecule has 0 aromatic heterocycles. The molecule has 0 nitrogen and oxygen atoms in total. The molecule has 0 heterocycles. The van der Waals surface area contributed by atoms with Crippen LogP contribution in [-0.4, -0.2) is 0 Å². The monoisotopic (exact) mass is 174 g/mol. The minimum atomic E-state index is 0.834. The lowest BCUT2D eigenvalue weighted by Gasteiger charge is -2.02. The standard InChI is InChI=1S/C13H18/c1-9(2)12-10(3)13(12)11-7-5-4-6-8-11/h4-10,12-13H,1-3H3. The van der Waals surface area contributed by atoms with Gasteiger partial charge < -0.3 is 0 Å². The first kappa shape index (κ1) is 8.80. The van der Waals surface area contributed by atoms with Gasteiger partial charge in [0.1, 0.15) is 0 Å². The minimum Gasteiger partial charge on any atom is -0.0625 e. The highest BCUT2D eigenvalue weighted by atomic mass is 14.5. The number of hydrogen-bond donors (Lipinski definition) is 0. The lowest BCUT2D eigenvalue weighted by atomic mass is 10.0. The predicted molar refractivity (Wildman–Crippen MR) is 56.7 cm³/mol. The summed E-state index contributed by atoms with van der Waals surface area (Å²) in [5.74, 6) is 3.48. The Balaban J connectivity index is 2.14. The Morgan fingerprint density at radius 2 is 1.69 bits per heavy atom. The van der Waals surface area contributed by atoms with Gasteiger partial charge >= 0.3 is 0 Å². The van der Waals surface area contributed by atoms with Crippen molar-refractivity contribution in [1.82, 2.24) is 0 Å². The van der Waals surface area contributed by atoms with Gasteiger partial charge in [0, 0.05) is 0 Å². The van der Waals surface area contributed by atoms with E-state index in [2.05, 4.69) is 51.1 Å². The molecule has 0 amide bonds. The van der Waals surface area contributed by atoms with Crippen molar-refractivity contribution in [3.05, 3.63) is 35.9 Å². The van der Waals surface area contributed by atoms with Crippen molar-refractivity contribution < 1.29 is 0 Å². The Morgan fingerprint density at radius 3 is 2.15 bits per heavy atom. The normalized spacial score (nSPS) is 32.2. The van der Waals surface area contributed by atoms with E-state index in [0.29, 0.717) is 0 Å². The van der Waals surface area contributed by atoms with Gasteiger partial charge in [0.15, 0.2) is 0 Å². The van der Waals surface area contributed by atoms with Crippen molar-refractivity contribution >= 4 is 0 Å². The molecule has 0 saturated heterocycles. The summed E-state index contributed by atoms with van der Waals surface area (Å²) >= 11 is 0. The molecule has 0 aliphatic heterocycles. The van der Waals surface area contributed by atoms with Gasteiger partial charge in [-0.3, -0.25) is 0 Å². The van der Waals surface area contributed by atoms with Crippen LogP contribution in [0.4, 0.5) is 0 Å². The Bertz CT molecular complexity index is 273. The maximum Gasteiger partial charge on any atom is -0.00997 e. The van der Waals surface area contributed by atoms with E-state index in [1.807, 2.05) is 0 Å². The van der Waals surface area contributed by atoms with Crippen molar-refractivity contribution in [2.45, 2.75) is 26.7 Å². The quantitative estimate of drug-likeness (QED) is 0.641. The molecule has 0 heteroatoms. The molecule has 2 rings (SSSR count). The van der Waals surface area contributed by atoms with Gasteiger partial charge in [-0.2, -0.15) is 0 Å². The highest BCUT2D eigenvalue weighted by Crippen LogP contribution is 2.57. The largest absolute Gasteiger partial charge is 0.0625 e. The van der Waals surface area contributed by atoms with Gasteiger partial charge in [0.25, 0.3) is 0 Å². The maximum absolute atomic E-state index is 2.38. The fraction of sp³-hybridized carbons (Fsp3) is 0.538. The fourth-order valence-corrected chi connectivity index (χ4v) is 2.72. The van der Waals surface area contributed by atoms with Crippen molar-refractivity contribution in [1.29, 1.82) is 0 Å². The fourth-order valence-electron chi connectivity index (χ4n) is 2.72. The third-order valence-electron chi connectivity index (χ3n) is 3.40. The highest BCUT2D eigenvalue weighted by molar-refractivity contribution is 5.27. The SMILES string of the molecule is CC(C)C1C(C)C1c1ccccc1. The van der Waals surface area contributed by atoms with E-state index in [9.17, 15) is 0 Å². The summed E-state index contributed by atoms with van der Waals surface area (Å²) in [6.07, 6.45) is 0. The van der Waals surface area contributed by atoms with E-state index < -0.39 is 0 Å². The molecule has 3 unspecified atom stereocenters. The van der Waals surface area contributed by atoms with Gasteiger partial charge in [-0.15, -0.1) is 0 Å². The Labute approximate surface area is 81.0 Å². The second kappa shape index (κ2) is 3.17. The molecule has 70 valence electrons. The van der Waals surface area contributed by atoms with Crippen LogP contribution < -0.4 is 0 Å². The third-order valence-corrected chi connectivity index (χ3v) is 3.40. The average Bonchev–Trinajstić information content (AvgIpc) is 2.79. The first-order valence-electron chi connectivity index (χ1n) is 5.26. The Hall–Kier alpha value is -0.780. The van der Waals surface area contributed by atoms with Crippen LogP contribution in [-0.2, 0) is 0 Å². The van der Waals surface area contributed by atoms with Crippen LogP contribution in [0.25, 0.3) is 0 Å². The summed E-state index contributed by atoms with van der Waals surface area (Å²) in [4.78, 5) is 0. The molecular formula is C13H18. The number of rotatable bonds is 2. The third kappa shape index (κ3) is 1.50. The molecule has 1 fully saturated rings. The molecule has 13 heavy (non-hydrogen) atoms. The smallest absolute Gasteiger partial charge is 0.00997 e. The van der Waals surface area contributed by atoms with Crippen LogP contribution in [0.2, 0.25) is 0 Å². The van der Waals surface area contributed by atoms with Crippen LogP contribution in [0.15, 0.2) is 30.3 Å². The molecule has 1 saturated carbocycles. The average molecular weight is 174 g/mol. The van der Waals surface area contributed by atoms with E-state index >= 15 is 0 Å². The van der Waals surface area contributed by atoms with Crippen LogP contribution in [0, 0.1) is 17.8 Å². The second-order valence-electron chi connectivity index (χ2n) is 4.62. The number of hydrogen-bond acceptors (Lipinski definition) is 0. The van der Waals surface area contributed by atoms with Gasteiger partial charge in [0.05, 0.1) is 0 Å². The molecule has 0 radical (unpaired) electrons. The van der Waals surface area contributed by atoms with Crippen LogP contribution >= 0.6 is 0 Å². The number of benzene rings is 1. The Morgan fingerprint density at radius 1 is 1.08 bits per heavy atom. The van der Waals surface area contributed by atoms with Gasteiger partial charge in [-0.1, -0.05) is 51.1 Å². The van der Waals surface area contributed by atoms with Gasteiger partial charge in [-0.05, 0) is 29.2 Å². The van der Waals surface area contributed by atoms with E-state index in [1.165, 1.54) is 5.56 Å². The zero-order valence-corrected chi connectivity index (χ0v) is 8.70. The topological polar surface area (TPSA) is 0 Å². The highest BCUT2D eigenvalue weighted by Gasteiger charge is 2.48. The van der Waals surface area contributed by atoms with Crippen LogP contribution in [0.3, 0.4) is 0 Å². The minimum absolute atomic E-state index is 0.834. The molecule has 0 bridgehead atoms. The summed E-state index contributed by atoms with van der Waals surface area (Å²) in [5, 5.41) is 0.